The van der Waals surface area contributed by atoms with E-state index < -0.39 is 0 Å². The van der Waals surface area contributed by atoms with Crippen LogP contribution in [-0.2, 0) is 0 Å². The summed E-state index contributed by atoms with van der Waals surface area (Å²) in [6, 6.07) is 60.3. The van der Waals surface area contributed by atoms with E-state index >= 15 is 0 Å². The number of fused-ring (bicyclic) bond motifs is 8. The summed E-state index contributed by atoms with van der Waals surface area (Å²) in [4.78, 5) is 2.41. The van der Waals surface area contributed by atoms with Crippen molar-refractivity contribution in [1.82, 2.24) is 0 Å². The van der Waals surface area contributed by atoms with Crippen LogP contribution >= 0.6 is 22.7 Å². The summed E-state index contributed by atoms with van der Waals surface area (Å²) in [6.07, 6.45) is 0. The normalized spacial score (nSPS) is 11.8. The maximum Gasteiger partial charge on any atom is 0.0476 e. The van der Waals surface area contributed by atoms with E-state index in [-0.39, 0.29) is 0 Å². The van der Waals surface area contributed by atoms with Crippen molar-refractivity contribution >= 4 is 102 Å². The molecule has 10 rings (SSSR count). The molecule has 0 saturated carbocycles. The van der Waals surface area contributed by atoms with Crippen LogP contribution in [0.15, 0.2) is 164 Å². The molecule has 10 aromatic rings. The maximum atomic E-state index is 2.41. The highest BCUT2D eigenvalue weighted by molar-refractivity contribution is 7.26. The van der Waals surface area contributed by atoms with Crippen molar-refractivity contribution in [2.75, 3.05) is 4.90 Å². The molecule has 0 radical (unpaired) electrons. The van der Waals surface area contributed by atoms with Gasteiger partial charge in [0.15, 0.2) is 0 Å². The molecular weight excluding hydrogens is 607 g/mol. The van der Waals surface area contributed by atoms with Gasteiger partial charge in [0.05, 0.1) is 0 Å². The summed E-state index contributed by atoms with van der Waals surface area (Å²) in [7, 11) is 0. The van der Waals surface area contributed by atoms with Crippen LogP contribution in [0, 0.1) is 0 Å². The van der Waals surface area contributed by atoms with Crippen molar-refractivity contribution in [1.29, 1.82) is 0 Å². The Morgan fingerprint density at radius 2 is 0.851 bits per heavy atom. The molecule has 3 heteroatoms. The van der Waals surface area contributed by atoms with E-state index in [1.807, 2.05) is 22.7 Å². The predicted molar refractivity (Wildman–Crippen MR) is 207 cm³/mol. The number of anilines is 3. The Kier molecular flexibility index (Phi) is 5.98. The van der Waals surface area contributed by atoms with E-state index in [0.29, 0.717) is 0 Å². The first-order chi connectivity index (χ1) is 23.3. The average Bonchev–Trinajstić information content (AvgIpc) is 3.67. The van der Waals surface area contributed by atoms with Crippen LogP contribution in [0.25, 0.3) is 73.0 Å². The SMILES string of the molecule is c1ccc2cc3c(cc2c1)sc1cc(N(c2ccc(-c4cccc5ccccc45)cc2)c2ccc4c(c2)sc2ccccc24)ccc13. The Bertz CT molecular complexity index is 2800. The van der Waals surface area contributed by atoms with Crippen LogP contribution in [0.5, 0.6) is 0 Å². The highest BCUT2D eigenvalue weighted by atomic mass is 32.1. The Labute approximate surface area is 280 Å². The van der Waals surface area contributed by atoms with E-state index in [1.54, 1.807) is 0 Å². The molecule has 8 aromatic carbocycles. The lowest BCUT2D eigenvalue weighted by Gasteiger charge is -2.26. The molecule has 2 heterocycles. The van der Waals surface area contributed by atoms with Crippen LogP contribution in [0.1, 0.15) is 0 Å². The molecule has 0 aliphatic carbocycles. The van der Waals surface area contributed by atoms with Gasteiger partial charge in [0.25, 0.3) is 0 Å². The lowest BCUT2D eigenvalue weighted by molar-refractivity contribution is 1.30. The third kappa shape index (κ3) is 4.35. The number of hydrogen-bond acceptors (Lipinski definition) is 3. The van der Waals surface area contributed by atoms with Crippen molar-refractivity contribution in [3.8, 4) is 11.1 Å². The predicted octanol–water partition coefficient (Wildman–Crippen LogP) is 13.9. The largest absolute Gasteiger partial charge is 0.310 e. The van der Waals surface area contributed by atoms with Crippen LogP contribution in [0.4, 0.5) is 17.1 Å². The van der Waals surface area contributed by atoms with Gasteiger partial charge in [0, 0.05) is 57.4 Å². The van der Waals surface area contributed by atoms with Gasteiger partial charge in [-0.3, -0.25) is 0 Å². The third-order valence-corrected chi connectivity index (χ3v) is 11.7. The zero-order valence-electron chi connectivity index (χ0n) is 25.4. The monoisotopic (exact) mass is 633 g/mol. The van der Waals surface area contributed by atoms with E-state index in [9.17, 15) is 0 Å². The molecule has 0 aliphatic rings. The average molecular weight is 634 g/mol. The zero-order valence-corrected chi connectivity index (χ0v) is 27.0. The van der Waals surface area contributed by atoms with Crippen LogP contribution in [-0.4, -0.2) is 0 Å². The summed E-state index contributed by atoms with van der Waals surface area (Å²) in [5.41, 5.74) is 5.94. The highest BCUT2D eigenvalue weighted by Gasteiger charge is 2.17. The minimum absolute atomic E-state index is 1.14. The fourth-order valence-electron chi connectivity index (χ4n) is 7.16. The van der Waals surface area contributed by atoms with Crippen molar-refractivity contribution in [2.24, 2.45) is 0 Å². The molecular formula is C44H27NS2. The quantitative estimate of drug-likeness (QED) is 0.186. The summed E-state index contributed by atoms with van der Waals surface area (Å²) in [5.74, 6) is 0. The number of nitrogens with zero attached hydrogens (tertiary/aromatic N) is 1. The second-order valence-corrected chi connectivity index (χ2v) is 14.3. The molecule has 0 fully saturated rings. The van der Waals surface area contributed by atoms with Crippen LogP contribution in [0.2, 0.25) is 0 Å². The van der Waals surface area contributed by atoms with Crippen LogP contribution < -0.4 is 4.90 Å². The van der Waals surface area contributed by atoms with E-state index in [4.69, 9.17) is 0 Å². The van der Waals surface area contributed by atoms with Gasteiger partial charge in [0.2, 0.25) is 0 Å². The minimum Gasteiger partial charge on any atom is -0.310 e. The van der Waals surface area contributed by atoms with Gasteiger partial charge in [-0.1, -0.05) is 109 Å². The van der Waals surface area contributed by atoms with Crippen LogP contribution in [0.3, 0.4) is 0 Å². The molecule has 0 unspecified atom stereocenters. The standard InChI is InChI=1S/C44H27NS2/c1-2-10-31-25-42-40(24-30(31)9-1)39-23-21-34(27-44(39)47-42)45(33-20-22-38-37-13-5-6-15-41(37)46-43(38)26-33)32-18-16-29(17-19-32)36-14-7-11-28-8-3-4-12-35(28)36/h1-27H. The van der Waals surface area contributed by atoms with Gasteiger partial charge in [-0.25, -0.2) is 0 Å². The molecule has 0 atom stereocenters. The highest BCUT2D eigenvalue weighted by Crippen LogP contribution is 2.44. The van der Waals surface area contributed by atoms with Gasteiger partial charge in [-0.2, -0.15) is 0 Å². The van der Waals surface area contributed by atoms with Crippen molar-refractivity contribution < 1.29 is 0 Å². The van der Waals surface area contributed by atoms with Gasteiger partial charge >= 0.3 is 0 Å². The lowest BCUT2D eigenvalue weighted by atomic mass is 9.98. The number of thiophene rings is 2. The Morgan fingerprint density at radius 1 is 0.319 bits per heavy atom. The van der Waals surface area contributed by atoms with Crippen molar-refractivity contribution in [2.45, 2.75) is 0 Å². The van der Waals surface area contributed by atoms with Crippen molar-refractivity contribution in [3.63, 3.8) is 0 Å². The second kappa shape index (κ2) is 10.5. The molecule has 0 saturated heterocycles. The van der Waals surface area contributed by atoms with Gasteiger partial charge < -0.3 is 4.90 Å². The maximum absolute atomic E-state index is 2.41. The molecule has 47 heavy (non-hydrogen) atoms. The van der Waals surface area contributed by atoms with E-state index in [1.165, 1.54) is 73.0 Å². The molecule has 1 nitrogen and oxygen atoms in total. The summed E-state index contributed by atoms with van der Waals surface area (Å²) in [5, 5.41) is 10.4. The van der Waals surface area contributed by atoms with E-state index in [0.717, 1.165) is 17.1 Å². The zero-order chi connectivity index (χ0) is 30.9. The van der Waals surface area contributed by atoms with E-state index in [2.05, 4.69) is 169 Å². The second-order valence-electron chi connectivity index (χ2n) is 12.2. The molecule has 0 spiro atoms. The van der Waals surface area contributed by atoms with Crippen molar-refractivity contribution in [3.05, 3.63) is 164 Å². The molecule has 0 aliphatic heterocycles. The molecule has 0 amide bonds. The lowest BCUT2D eigenvalue weighted by Crippen LogP contribution is -2.09. The summed E-state index contributed by atoms with van der Waals surface area (Å²) in [6.45, 7) is 0. The molecule has 0 N–H and O–H groups in total. The first-order valence-electron chi connectivity index (χ1n) is 15.9. The Balaban J connectivity index is 1.15. The van der Waals surface area contributed by atoms with Gasteiger partial charge in [-0.15, -0.1) is 22.7 Å². The first-order valence-corrected chi connectivity index (χ1v) is 17.5. The third-order valence-electron chi connectivity index (χ3n) is 9.43. The molecule has 0 bridgehead atoms. The molecule has 2 aromatic heterocycles. The van der Waals surface area contributed by atoms with Gasteiger partial charge in [0.1, 0.15) is 0 Å². The Morgan fingerprint density at radius 3 is 1.62 bits per heavy atom. The summed E-state index contributed by atoms with van der Waals surface area (Å²) >= 11 is 3.75. The number of rotatable bonds is 4. The Hall–Kier alpha value is -5.48. The fraction of sp³-hybridized carbons (Fsp3) is 0. The minimum atomic E-state index is 1.14. The number of hydrogen-bond donors (Lipinski definition) is 0. The number of benzene rings is 8. The smallest absolute Gasteiger partial charge is 0.0476 e. The fourth-order valence-corrected chi connectivity index (χ4v) is 9.47. The topological polar surface area (TPSA) is 3.24 Å². The molecule has 220 valence electrons. The first kappa shape index (κ1) is 26.7. The summed E-state index contributed by atoms with van der Waals surface area (Å²) < 4.78 is 5.25. The van der Waals surface area contributed by atoms with Gasteiger partial charge in [-0.05, 0) is 87.3 Å².